The molecule has 2 aliphatic carbocycles. The average molecular weight is 346 g/mol. The lowest BCUT2D eigenvalue weighted by molar-refractivity contribution is 0.102. The minimum Gasteiger partial charge on any atom is -0.198 e. The van der Waals surface area contributed by atoms with Crippen molar-refractivity contribution in [1.29, 1.82) is 5.26 Å². The van der Waals surface area contributed by atoms with Gasteiger partial charge in [0.2, 0.25) is 0 Å². The quantitative estimate of drug-likeness (QED) is 0.367. The fraction of sp³-hybridized carbons (Fsp3) is 0.958. The summed E-state index contributed by atoms with van der Waals surface area (Å²) in [7, 11) is 0. The molecule has 0 saturated heterocycles. The van der Waals surface area contributed by atoms with E-state index in [1.54, 1.807) is 0 Å². The maximum Gasteiger partial charge on any atom is 0.0689 e. The number of hydrogen-bond acceptors (Lipinski definition) is 1. The predicted octanol–water partition coefficient (Wildman–Crippen LogP) is 8.04. The Labute approximate surface area is 158 Å². The number of unbranched alkanes of at least 4 members (excludes halogenated alkanes) is 5. The molecule has 0 N–H and O–H groups in total. The Morgan fingerprint density at radius 1 is 0.840 bits per heavy atom. The third-order valence-corrected chi connectivity index (χ3v) is 7.40. The van der Waals surface area contributed by atoms with Crippen molar-refractivity contribution < 1.29 is 0 Å². The van der Waals surface area contributed by atoms with Crippen LogP contribution in [0.2, 0.25) is 0 Å². The molecule has 0 aliphatic heterocycles. The van der Waals surface area contributed by atoms with Gasteiger partial charge in [-0.3, -0.25) is 0 Å². The van der Waals surface area contributed by atoms with Gasteiger partial charge in [-0.25, -0.2) is 0 Å². The summed E-state index contributed by atoms with van der Waals surface area (Å²) in [6.07, 6.45) is 23.0. The minimum atomic E-state index is 0.0359. The highest BCUT2D eigenvalue weighted by molar-refractivity contribution is 5.03. The fourth-order valence-corrected chi connectivity index (χ4v) is 5.70. The van der Waals surface area contributed by atoms with Gasteiger partial charge in [0.1, 0.15) is 0 Å². The first kappa shape index (κ1) is 20.8. The van der Waals surface area contributed by atoms with E-state index >= 15 is 0 Å². The molecule has 2 unspecified atom stereocenters. The van der Waals surface area contributed by atoms with Crippen LogP contribution in [0.5, 0.6) is 0 Å². The van der Waals surface area contributed by atoms with Gasteiger partial charge >= 0.3 is 0 Å². The molecule has 2 atom stereocenters. The van der Waals surface area contributed by atoms with Crippen LogP contribution in [-0.4, -0.2) is 0 Å². The zero-order chi connectivity index (χ0) is 18.0. The van der Waals surface area contributed by atoms with E-state index < -0.39 is 0 Å². The van der Waals surface area contributed by atoms with E-state index in [1.807, 2.05) is 0 Å². The average Bonchev–Trinajstić information content (AvgIpc) is 2.67. The van der Waals surface area contributed by atoms with Crippen LogP contribution in [0, 0.1) is 34.5 Å². The fourth-order valence-electron chi connectivity index (χ4n) is 5.70. The summed E-state index contributed by atoms with van der Waals surface area (Å²) in [4.78, 5) is 0. The summed E-state index contributed by atoms with van der Waals surface area (Å²) in [6.45, 7) is 4.59. The summed E-state index contributed by atoms with van der Waals surface area (Å²) in [6, 6.07) is 2.81. The van der Waals surface area contributed by atoms with Crippen LogP contribution >= 0.6 is 0 Å². The second-order valence-electron chi connectivity index (χ2n) is 9.34. The third-order valence-electron chi connectivity index (χ3n) is 7.40. The van der Waals surface area contributed by atoms with Gasteiger partial charge in [0.25, 0.3) is 0 Å². The maximum absolute atomic E-state index is 9.95. The van der Waals surface area contributed by atoms with Crippen LogP contribution in [0.25, 0.3) is 0 Å². The maximum atomic E-state index is 9.95. The molecule has 0 spiro atoms. The number of rotatable bonds is 10. The Bertz CT molecular complexity index is 387. The normalized spacial score (nSPS) is 33.1. The predicted molar refractivity (Wildman–Crippen MR) is 108 cm³/mol. The van der Waals surface area contributed by atoms with Crippen molar-refractivity contribution in [2.45, 2.75) is 123 Å². The van der Waals surface area contributed by atoms with Crippen molar-refractivity contribution in [2.24, 2.45) is 23.2 Å². The largest absolute Gasteiger partial charge is 0.198 e. The second kappa shape index (κ2) is 11.3. The highest BCUT2D eigenvalue weighted by Crippen LogP contribution is 2.48. The van der Waals surface area contributed by atoms with E-state index in [2.05, 4.69) is 19.9 Å². The topological polar surface area (TPSA) is 23.8 Å². The van der Waals surface area contributed by atoms with Crippen LogP contribution in [0.1, 0.15) is 123 Å². The Kier molecular flexibility index (Phi) is 9.36. The monoisotopic (exact) mass is 345 g/mol. The molecule has 1 nitrogen and oxygen atoms in total. The summed E-state index contributed by atoms with van der Waals surface area (Å²) < 4.78 is 0. The van der Waals surface area contributed by atoms with E-state index in [4.69, 9.17) is 0 Å². The Morgan fingerprint density at radius 2 is 1.56 bits per heavy atom. The van der Waals surface area contributed by atoms with Gasteiger partial charge in [-0.2, -0.15) is 5.26 Å². The van der Waals surface area contributed by atoms with Crippen LogP contribution in [0.4, 0.5) is 0 Å². The summed E-state index contributed by atoms with van der Waals surface area (Å²) in [5.41, 5.74) is 0.0359. The van der Waals surface area contributed by atoms with E-state index in [0.29, 0.717) is 0 Å². The van der Waals surface area contributed by atoms with Gasteiger partial charge in [0.05, 0.1) is 11.5 Å². The molecule has 0 amide bonds. The summed E-state index contributed by atoms with van der Waals surface area (Å²) in [5.74, 6) is 2.81. The molecular weight excluding hydrogens is 302 g/mol. The third kappa shape index (κ3) is 6.62. The lowest BCUT2D eigenvalue weighted by atomic mass is 9.62. The molecule has 2 fully saturated rings. The number of hydrogen-bond donors (Lipinski definition) is 0. The standard InChI is InChI=1S/C24H43N/c1-3-5-7-8-9-17-24(20-25)18-10-12-23(19-24)22-15-13-21(14-16-22)11-6-4-2/h21-23H,3-19H2,1-2H3/t21-,22-,23?,24?. The highest BCUT2D eigenvalue weighted by atomic mass is 14.5. The van der Waals surface area contributed by atoms with Gasteiger partial charge < -0.3 is 0 Å². The van der Waals surface area contributed by atoms with E-state index in [1.165, 1.54) is 109 Å². The second-order valence-corrected chi connectivity index (χ2v) is 9.34. The Morgan fingerprint density at radius 3 is 2.24 bits per heavy atom. The van der Waals surface area contributed by atoms with Crippen LogP contribution in [0.15, 0.2) is 0 Å². The van der Waals surface area contributed by atoms with E-state index in [9.17, 15) is 5.26 Å². The zero-order valence-electron chi connectivity index (χ0n) is 17.2. The number of nitrogens with zero attached hydrogens (tertiary/aromatic N) is 1. The van der Waals surface area contributed by atoms with Crippen LogP contribution in [-0.2, 0) is 0 Å². The molecule has 0 aromatic heterocycles. The number of nitriles is 1. The van der Waals surface area contributed by atoms with Crippen molar-refractivity contribution in [3.05, 3.63) is 0 Å². The van der Waals surface area contributed by atoms with Crippen LogP contribution < -0.4 is 0 Å². The first-order valence-corrected chi connectivity index (χ1v) is 11.6. The van der Waals surface area contributed by atoms with Gasteiger partial charge in [-0.15, -0.1) is 0 Å². The minimum absolute atomic E-state index is 0.0359. The first-order chi connectivity index (χ1) is 12.2. The SMILES string of the molecule is CCCCCCCC1(C#N)CCCC([C@H]2CC[C@H](CCCC)CC2)C1. The van der Waals surface area contributed by atoms with Gasteiger partial charge in [0, 0.05) is 0 Å². The first-order valence-electron chi connectivity index (χ1n) is 11.6. The van der Waals surface area contributed by atoms with Crippen LogP contribution in [0.3, 0.4) is 0 Å². The Balaban J connectivity index is 1.78. The summed E-state index contributed by atoms with van der Waals surface area (Å²) >= 11 is 0. The van der Waals surface area contributed by atoms with E-state index in [0.717, 1.165) is 17.8 Å². The van der Waals surface area contributed by atoms with Crippen molar-refractivity contribution in [1.82, 2.24) is 0 Å². The molecule has 2 rings (SSSR count). The molecule has 0 radical (unpaired) electrons. The van der Waals surface area contributed by atoms with Gasteiger partial charge in [-0.1, -0.05) is 90.9 Å². The molecule has 2 aliphatic rings. The molecule has 0 heterocycles. The van der Waals surface area contributed by atoms with Gasteiger partial charge in [-0.05, 0) is 49.9 Å². The summed E-state index contributed by atoms with van der Waals surface area (Å²) in [5, 5.41) is 9.95. The van der Waals surface area contributed by atoms with Crippen molar-refractivity contribution in [3.63, 3.8) is 0 Å². The molecule has 0 aromatic carbocycles. The zero-order valence-corrected chi connectivity index (χ0v) is 17.2. The van der Waals surface area contributed by atoms with Crippen molar-refractivity contribution >= 4 is 0 Å². The lowest BCUT2D eigenvalue weighted by Gasteiger charge is -2.42. The molecule has 0 aromatic rings. The molecule has 1 heteroatoms. The molecule has 2 saturated carbocycles. The lowest BCUT2D eigenvalue weighted by Crippen LogP contribution is -2.32. The van der Waals surface area contributed by atoms with Crippen molar-refractivity contribution in [2.75, 3.05) is 0 Å². The smallest absolute Gasteiger partial charge is 0.0689 e. The molecule has 144 valence electrons. The van der Waals surface area contributed by atoms with E-state index in [-0.39, 0.29) is 5.41 Å². The molecule has 0 bridgehead atoms. The molecule has 25 heavy (non-hydrogen) atoms. The van der Waals surface area contributed by atoms with Gasteiger partial charge in [0.15, 0.2) is 0 Å². The molecular formula is C24H43N. The Hall–Kier alpha value is -0.510. The highest BCUT2D eigenvalue weighted by Gasteiger charge is 2.39. The van der Waals surface area contributed by atoms with Crippen molar-refractivity contribution in [3.8, 4) is 6.07 Å².